The Labute approximate surface area is 85.8 Å². The minimum Gasteiger partial charge on any atom is -0.381 e. The molecular formula is C10H21NOS. The van der Waals surface area contributed by atoms with Gasteiger partial charge in [-0.1, -0.05) is 0 Å². The Morgan fingerprint density at radius 3 is 3.15 bits per heavy atom. The highest BCUT2D eigenvalue weighted by molar-refractivity contribution is 7.98. The lowest BCUT2D eigenvalue weighted by Crippen LogP contribution is -2.30. The van der Waals surface area contributed by atoms with Crippen molar-refractivity contribution in [1.82, 2.24) is 5.32 Å². The maximum Gasteiger partial charge on any atom is 0.0480 e. The number of thioether (sulfide) groups is 1. The van der Waals surface area contributed by atoms with E-state index in [9.17, 15) is 0 Å². The van der Waals surface area contributed by atoms with E-state index in [0.29, 0.717) is 6.04 Å². The third-order valence-corrected chi connectivity index (χ3v) is 3.11. The predicted octanol–water partition coefficient (Wildman–Crippen LogP) is 1.90. The summed E-state index contributed by atoms with van der Waals surface area (Å²) in [5.74, 6) is 1.27. The van der Waals surface area contributed by atoms with E-state index < -0.39 is 0 Å². The average Bonchev–Trinajstić information content (AvgIpc) is 2.41. The minimum absolute atomic E-state index is 0.712. The van der Waals surface area contributed by atoms with E-state index >= 15 is 0 Å². The molecule has 1 unspecified atom stereocenters. The molecule has 0 aromatic rings. The lowest BCUT2D eigenvalue weighted by molar-refractivity contribution is 0.142. The molecule has 0 spiro atoms. The fourth-order valence-electron chi connectivity index (χ4n) is 1.63. The molecule has 0 bridgehead atoms. The summed E-state index contributed by atoms with van der Waals surface area (Å²) in [5, 5.41) is 3.60. The van der Waals surface area contributed by atoms with Crippen LogP contribution in [0.4, 0.5) is 0 Å². The quantitative estimate of drug-likeness (QED) is 0.690. The van der Waals surface area contributed by atoms with Crippen LogP contribution < -0.4 is 5.32 Å². The van der Waals surface area contributed by atoms with Crippen molar-refractivity contribution in [3.63, 3.8) is 0 Å². The third kappa shape index (κ3) is 5.55. The second kappa shape index (κ2) is 7.65. The van der Waals surface area contributed by atoms with Gasteiger partial charge in [-0.15, -0.1) is 0 Å². The summed E-state index contributed by atoms with van der Waals surface area (Å²) >= 11 is 1.93. The predicted molar refractivity (Wildman–Crippen MR) is 59.5 cm³/mol. The molecule has 3 heteroatoms. The number of rotatable bonds is 5. The van der Waals surface area contributed by atoms with Crippen molar-refractivity contribution in [1.29, 1.82) is 0 Å². The summed E-state index contributed by atoms with van der Waals surface area (Å²) in [5.41, 5.74) is 0. The molecule has 1 aliphatic rings. The van der Waals surface area contributed by atoms with E-state index in [2.05, 4.69) is 11.6 Å². The van der Waals surface area contributed by atoms with Gasteiger partial charge in [-0.05, 0) is 44.2 Å². The highest BCUT2D eigenvalue weighted by Gasteiger charge is 2.10. The van der Waals surface area contributed by atoms with Crippen LogP contribution in [0.3, 0.4) is 0 Å². The first kappa shape index (κ1) is 11.3. The zero-order valence-electron chi connectivity index (χ0n) is 8.55. The molecule has 1 heterocycles. The number of ether oxygens (including phenoxy) is 1. The van der Waals surface area contributed by atoms with Crippen LogP contribution in [0.25, 0.3) is 0 Å². The van der Waals surface area contributed by atoms with E-state index in [-0.39, 0.29) is 0 Å². The smallest absolute Gasteiger partial charge is 0.0480 e. The molecule has 0 saturated carbocycles. The summed E-state index contributed by atoms with van der Waals surface area (Å²) < 4.78 is 5.41. The topological polar surface area (TPSA) is 21.3 Å². The normalized spacial score (nSPS) is 24.2. The summed E-state index contributed by atoms with van der Waals surface area (Å²) in [4.78, 5) is 0. The molecular weight excluding hydrogens is 182 g/mol. The van der Waals surface area contributed by atoms with Crippen LogP contribution in [0.15, 0.2) is 0 Å². The van der Waals surface area contributed by atoms with E-state index in [1.54, 1.807) is 0 Å². The van der Waals surface area contributed by atoms with Crippen molar-refractivity contribution < 1.29 is 4.74 Å². The Morgan fingerprint density at radius 1 is 1.38 bits per heavy atom. The largest absolute Gasteiger partial charge is 0.381 e. The van der Waals surface area contributed by atoms with Gasteiger partial charge < -0.3 is 10.1 Å². The minimum atomic E-state index is 0.712. The summed E-state index contributed by atoms with van der Waals surface area (Å²) in [6.45, 7) is 3.08. The van der Waals surface area contributed by atoms with E-state index in [1.165, 1.54) is 38.0 Å². The SMILES string of the molecule is CSCCCNC1CCCOCC1. The maximum absolute atomic E-state index is 5.41. The number of nitrogens with one attached hydrogen (secondary N) is 1. The van der Waals surface area contributed by atoms with Gasteiger partial charge in [0.2, 0.25) is 0 Å². The van der Waals surface area contributed by atoms with Crippen LogP contribution in [-0.2, 0) is 4.74 Å². The van der Waals surface area contributed by atoms with Crippen LogP contribution in [0.2, 0.25) is 0 Å². The Balaban J connectivity index is 1.98. The first-order chi connectivity index (χ1) is 6.43. The fraction of sp³-hybridized carbons (Fsp3) is 1.00. The Morgan fingerprint density at radius 2 is 2.31 bits per heavy atom. The zero-order chi connectivity index (χ0) is 9.36. The number of hydrogen-bond donors (Lipinski definition) is 1. The molecule has 0 aliphatic carbocycles. The summed E-state index contributed by atoms with van der Waals surface area (Å²) in [7, 11) is 0. The monoisotopic (exact) mass is 203 g/mol. The van der Waals surface area contributed by atoms with Gasteiger partial charge in [0.15, 0.2) is 0 Å². The first-order valence-corrected chi connectivity index (χ1v) is 6.63. The van der Waals surface area contributed by atoms with Crippen LogP contribution in [0.5, 0.6) is 0 Å². The zero-order valence-corrected chi connectivity index (χ0v) is 9.37. The van der Waals surface area contributed by atoms with Gasteiger partial charge in [0.05, 0.1) is 0 Å². The van der Waals surface area contributed by atoms with Gasteiger partial charge in [0, 0.05) is 19.3 Å². The Kier molecular flexibility index (Phi) is 6.68. The standard InChI is InChI=1S/C10H21NOS/c1-13-9-3-6-11-10-4-2-7-12-8-5-10/h10-11H,2-9H2,1H3. The van der Waals surface area contributed by atoms with E-state index in [1.807, 2.05) is 11.8 Å². The molecule has 1 atom stereocenters. The maximum atomic E-state index is 5.41. The first-order valence-electron chi connectivity index (χ1n) is 5.23. The second-order valence-corrected chi connectivity index (χ2v) is 4.53. The van der Waals surface area contributed by atoms with Crippen molar-refractivity contribution >= 4 is 11.8 Å². The van der Waals surface area contributed by atoms with Crippen molar-refractivity contribution in [2.45, 2.75) is 31.7 Å². The molecule has 1 fully saturated rings. The van der Waals surface area contributed by atoms with Crippen molar-refractivity contribution in [2.24, 2.45) is 0 Å². The molecule has 78 valence electrons. The number of hydrogen-bond acceptors (Lipinski definition) is 3. The highest BCUT2D eigenvalue weighted by atomic mass is 32.2. The molecule has 0 amide bonds. The lowest BCUT2D eigenvalue weighted by atomic mass is 10.1. The van der Waals surface area contributed by atoms with Gasteiger partial charge in [-0.25, -0.2) is 0 Å². The van der Waals surface area contributed by atoms with Crippen LogP contribution in [-0.4, -0.2) is 37.8 Å². The van der Waals surface area contributed by atoms with Gasteiger partial charge >= 0.3 is 0 Å². The molecule has 0 aromatic carbocycles. The van der Waals surface area contributed by atoms with Crippen molar-refractivity contribution in [3.05, 3.63) is 0 Å². The van der Waals surface area contributed by atoms with Crippen LogP contribution in [0.1, 0.15) is 25.7 Å². The molecule has 0 radical (unpaired) electrons. The Bertz CT molecular complexity index is 113. The molecule has 13 heavy (non-hydrogen) atoms. The van der Waals surface area contributed by atoms with Gasteiger partial charge in [-0.3, -0.25) is 0 Å². The summed E-state index contributed by atoms with van der Waals surface area (Å²) in [6, 6.07) is 0.712. The van der Waals surface area contributed by atoms with Gasteiger partial charge in [-0.2, -0.15) is 11.8 Å². The molecule has 1 saturated heterocycles. The molecule has 1 aliphatic heterocycles. The second-order valence-electron chi connectivity index (χ2n) is 3.54. The molecule has 0 aromatic heterocycles. The van der Waals surface area contributed by atoms with Gasteiger partial charge in [0.25, 0.3) is 0 Å². The molecule has 2 nitrogen and oxygen atoms in total. The lowest BCUT2D eigenvalue weighted by Gasteiger charge is -2.14. The molecule has 1 N–H and O–H groups in total. The average molecular weight is 203 g/mol. The summed E-state index contributed by atoms with van der Waals surface area (Å²) in [6.07, 6.45) is 7.16. The van der Waals surface area contributed by atoms with Crippen molar-refractivity contribution in [2.75, 3.05) is 31.8 Å². The van der Waals surface area contributed by atoms with Crippen molar-refractivity contribution in [3.8, 4) is 0 Å². The van der Waals surface area contributed by atoms with Crippen LogP contribution >= 0.6 is 11.8 Å². The fourth-order valence-corrected chi connectivity index (χ4v) is 2.06. The molecule has 1 rings (SSSR count). The van der Waals surface area contributed by atoms with E-state index in [4.69, 9.17) is 4.74 Å². The Hall–Kier alpha value is 0.270. The van der Waals surface area contributed by atoms with Crippen LogP contribution in [0, 0.1) is 0 Å². The highest BCUT2D eigenvalue weighted by Crippen LogP contribution is 2.07. The van der Waals surface area contributed by atoms with E-state index in [0.717, 1.165) is 13.2 Å². The third-order valence-electron chi connectivity index (χ3n) is 2.41. The van der Waals surface area contributed by atoms with Gasteiger partial charge in [0.1, 0.15) is 0 Å².